The van der Waals surface area contributed by atoms with E-state index in [1.807, 2.05) is 0 Å². The highest BCUT2D eigenvalue weighted by molar-refractivity contribution is 6.06. The van der Waals surface area contributed by atoms with E-state index in [1.165, 1.54) is 6.92 Å². The minimum Gasteiger partial charge on any atom is -0.508 e. The number of aromatic hydroxyl groups is 1. The van der Waals surface area contributed by atoms with Gasteiger partial charge in [0, 0.05) is 24.5 Å². The van der Waals surface area contributed by atoms with Gasteiger partial charge in [0.2, 0.25) is 5.91 Å². The molecule has 0 bridgehead atoms. The normalized spacial score (nSPS) is 18.7. The van der Waals surface area contributed by atoms with E-state index >= 15 is 0 Å². The molecule has 0 fully saturated rings. The van der Waals surface area contributed by atoms with Crippen molar-refractivity contribution in [1.29, 1.82) is 0 Å². The van der Waals surface area contributed by atoms with Gasteiger partial charge in [-0.1, -0.05) is 12.1 Å². The molecule has 15 heavy (non-hydrogen) atoms. The summed E-state index contributed by atoms with van der Waals surface area (Å²) in [4.78, 5) is 22.6. The maximum Gasteiger partial charge on any atom is 0.217 e. The third-order valence-electron chi connectivity index (χ3n) is 2.52. The molecular formula is C11H11NO3. The molecule has 0 aromatic heterocycles. The second kappa shape index (κ2) is 3.38. The summed E-state index contributed by atoms with van der Waals surface area (Å²) in [6.07, 6.45) is 0.375. The molecule has 1 aliphatic carbocycles. The number of phenols is 1. The Morgan fingerprint density at radius 2 is 2.27 bits per heavy atom. The lowest BCUT2D eigenvalue weighted by Gasteiger charge is -2.07. The summed E-state index contributed by atoms with van der Waals surface area (Å²) < 4.78 is 0. The fraction of sp³-hybridized carbons (Fsp3) is 0.273. The van der Waals surface area contributed by atoms with E-state index in [4.69, 9.17) is 0 Å². The van der Waals surface area contributed by atoms with E-state index < -0.39 is 6.04 Å². The van der Waals surface area contributed by atoms with Gasteiger partial charge in [0.15, 0.2) is 5.78 Å². The van der Waals surface area contributed by atoms with Crippen molar-refractivity contribution >= 4 is 11.7 Å². The summed E-state index contributed by atoms with van der Waals surface area (Å²) in [5, 5.41) is 12.1. The molecular weight excluding hydrogens is 194 g/mol. The van der Waals surface area contributed by atoms with Gasteiger partial charge < -0.3 is 10.4 Å². The highest BCUT2D eigenvalue weighted by atomic mass is 16.3. The number of fused-ring (bicyclic) bond motifs is 1. The first-order chi connectivity index (χ1) is 7.09. The van der Waals surface area contributed by atoms with Crippen LogP contribution in [0.4, 0.5) is 0 Å². The molecule has 1 amide bonds. The zero-order valence-corrected chi connectivity index (χ0v) is 8.28. The number of amides is 1. The van der Waals surface area contributed by atoms with Gasteiger partial charge in [0.1, 0.15) is 5.75 Å². The van der Waals surface area contributed by atoms with E-state index in [-0.39, 0.29) is 17.4 Å². The highest BCUT2D eigenvalue weighted by Crippen LogP contribution is 2.29. The molecule has 1 atom stereocenters. The first-order valence-corrected chi connectivity index (χ1v) is 4.72. The van der Waals surface area contributed by atoms with Crippen molar-refractivity contribution in [3.63, 3.8) is 0 Å². The molecule has 0 aliphatic heterocycles. The van der Waals surface area contributed by atoms with Crippen LogP contribution in [0.3, 0.4) is 0 Å². The van der Waals surface area contributed by atoms with Gasteiger partial charge >= 0.3 is 0 Å². The molecule has 1 unspecified atom stereocenters. The molecule has 1 aromatic carbocycles. The van der Waals surface area contributed by atoms with Crippen molar-refractivity contribution in [3.05, 3.63) is 29.3 Å². The van der Waals surface area contributed by atoms with Crippen molar-refractivity contribution in [2.24, 2.45) is 0 Å². The van der Waals surface area contributed by atoms with Crippen LogP contribution in [0.5, 0.6) is 5.75 Å². The second-order valence-electron chi connectivity index (χ2n) is 3.62. The number of hydrogen-bond donors (Lipinski definition) is 2. The standard InChI is InChI=1S/C11H11NO3/c1-6(13)12-9-5-8-7(11(9)15)3-2-4-10(8)14/h2-4,9,14H,5H2,1H3,(H,12,13). The van der Waals surface area contributed by atoms with Crippen molar-refractivity contribution < 1.29 is 14.7 Å². The number of ketones is 1. The number of carbonyl (C=O) groups is 2. The molecule has 78 valence electrons. The van der Waals surface area contributed by atoms with Crippen molar-refractivity contribution in [1.82, 2.24) is 5.32 Å². The fourth-order valence-corrected chi connectivity index (χ4v) is 1.87. The van der Waals surface area contributed by atoms with Crippen LogP contribution in [0.25, 0.3) is 0 Å². The second-order valence-corrected chi connectivity index (χ2v) is 3.62. The van der Waals surface area contributed by atoms with E-state index in [9.17, 15) is 14.7 Å². The van der Waals surface area contributed by atoms with Gasteiger partial charge in [-0.05, 0) is 6.07 Å². The molecule has 4 heteroatoms. The summed E-state index contributed by atoms with van der Waals surface area (Å²) >= 11 is 0. The Balaban J connectivity index is 2.33. The summed E-state index contributed by atoms with van der Waals surface area (Å²) in [6, 6.07) is 4.31. The van der Waals surface area contributed by atoms with Crippen LogP contribution in [-0.2, 0) is 11.2 Å². The van der Waals surface area contributed by atoms with Gasteiger partial charge in [0.25, 0.3) is 0 Å². The van der Waals surface area contributed by atoms with Crippen molar-refractivity contribution in [2.45, 2.75) is 19.4 Å². The van der Waals surface area contributed by atoms with E-state index in [2.05, 4.69) is 5.32 Å². The van der Waals surface area contributed by atoms with Gasteiger partial charge in [-0.25, -0.2) is 0 Å². The molecule has 1 aliphatic rings. The molecule has 0 saturated heterocycles. The Morgan fingerprint density at radius 3 is 2.87 bits per heavy atom. The van der Waals surface area contributed by atoms with Crippen molar-refractivity contribution in [3.8, 4) is 5.75 Å². The molecule has 2 N–H and O–H groups in total. The van der Waals surface area contributed by atoms with Gasteiger partial charge in [-0.2, -0.15) is 0 Å². The van der Waals surface area contributed by atoms with Crippen LogP contribution < -0.4 is 5.32 Å². The number of carbonyl (C=O) groups excluding carboxylic acids is 2. The predicted octanol–water partition coefficient (Wildman–Crippen LogP) is 0.636. The topological polar surface area (TPSA) is 66.4 Å². The van der Waals surface area contributed by atoms with Crippen molar-refractivity contribution in [2.75, 3.05) is 0 Å². The summed E-state index contributed by atoms with van der Waals surface area (Å²) in [6.45, 7) is 1.37. The van der Waals surface area contributed by atoms with Crippen LogP contribution in [-0.4, -0.2) is 22.8 Å². The van der Waals surface area contributed by atoms with Crippen LogP contribution in [0, 0.1) is 0 Å². The zero-order chi connectivity index (χ0) is 11.0. The Bertz CT molecular complexity index is 439. The zero-order valence-electron chi connectivity index (χ0n) is 8.28. The molecule has 0 radical (unpaired) electrons. The monoisotopic (exact) mass is 205 g/mol. The third-order valence-corrected chi connectivity index (χ3v) is 2.52. The third kappa shape index (κ3) is 1.58. The van der Waals surface area contributed by atoms with Gasteiger partial charge in [-0.3, -0.25) is 9.59 Å². The van der Waals surface area contributed by atoms with Crippen LogP contribution in [0.1, 0.15) is 22.8 Å². The van der Waals surface area contributed by atoms with E-state index in [0.717, 1.165) is 0 Å². The number of rotatable bonds is 1. The average molecular weight is 205 g/mol. The van der Waals surface area contributed by atoms with Crippen LogP contribution in [0.2, 0.25) is 0 Å². The molecule has 0 spiro atoms. The number of nitrogens with one attached hydrogen (secondary N) is 1. The molecule has 1 aromatic rings. The van der Waals surface area contributed by atoms with Crippen LogP contribution >= 0.6 is 0 Å². The van der Waals surface area contributed by atoms with Gasteiger partial charge in [0.05, 0.1) is 6.04 Å². The Kier molecular flexibility index (Phi) is 2.19. The maximum absolute atomic E-state index is 11.8. The van der Waals surface area contributed by atoms with Gasteiger partial charge in [-0.15, -0.1) is 0 Å². The molecule has 4 nitrogen and oxygen atoms in total. The minimum atomic E-state index is -0.522. The lowest BCUT2D eigenvalue weighted by molar-refractivity contribution is -0.119. The Hall–Kier alpha value is -1.84. The smallest absolute Gasteiger partial charge is 0.217 e. The number of benzene rings is 1. The SMILES string of the molecule is CC(=O)NC1Cc2c(O)cccc2C1=O. The lowest BCUT2D eigenvalue weighted by Crippen LogP contribution is -2.37. The average Bonchev–Trinajstić information content (AvgIpc) is 2.46. The minimum absolute atomic E-state index is 0.119. The molecule has 2 rings (SSSR count). The molecule has 0 heterocycles. The Morgan fingerprint density at radius 1 is 1.53 bits per heavy atom. The Labute approximate surface area is 86.9 Å². The molecule has 0 saturated carbocycles. The fourth-order valence-electron chi connectivity index (χ4n) is 1.87. The summed E-state index contributed by atoms with van der Waals surface area (Å²) in [5.41, 5.74) is 1.13. The first-order valence-electron chi connectivity index (χ1n) is 4.72. The van der Waals surface area contributed by atoms with E-state index in [1.54, 1.807) is 18.2 Å². The number of phenolic OH excluding ortho intramolecular Hbond substituents is 1. The summed E-state index contributed by atoms with van der Waals surface area (Å²) in [5.74, 6) is -0.245. The maximum atomic E-state index is 11.8. The summed E-state index contributed by atoms with van der Waals surface area (Å²) in [7, 11) is 0. The number of Topliss-reactive ketones (excluding diaryl/α,β-unsaturated/α-hetero) is 1. The quantitative estimate of drug-likeness (QED) is 0.706. The predicted molar refractivity (Wildman–Crippen MR) is 53.7 cm³/mol. The van der Waals surface area contributed by atoms with Crippen LogP contribution in [0.15, 0.2) is 18.2 Å². The largest absolute Gasteiger partial charge is 0.508 e. The number of hydrogen-bond acceptors (Lipinski definition) is 3. The van der Waals surface area contributed by atoms with E-state index in [0.29, 0.717) is 17.5 Å². The first kappa shape index (κ1) is 9.71. The highest BCUT2D eigenvalue weighted by Gasteiger charge is 2.32. The lowest BCUT2D eigenvalue weighted by atomic mass is 10.1.